The standard InChI is InChI=1S/C19H22F2N2O3S/c1-14(23(27(2,25)26)18-8-4-3-7-17(18)21)19(24)22-13-5-6-15-9-11-16(20)12-10-15/h3-4,7-12,14H,5-6,13H2,1-2H3,(H,22,24). The number of rotatable bonds is 8. The Bertz CT molecular complexity index is 886. The number of aryl methyl sites for hydroxylation is 1. The zero-order chi connectivity index (χ0) is 20.0. The summed E-state index contributed by atoms with van der Waals surface area (Å²) in [5.74, 6) is -1.56. The highest BCUT2D eigenvalue weighted by Gasteiger charge is 2.30. The molecule has 2 aromatic rings. The highest BCUT2D eigenvalue weighted by atomic mass is 32.2. The van der Waals surface area contributed by atoms with E-state index in [1.165, 1.54) is 37.3 Å². The smallest absolute Gasteiger partial charge is 0.243 e. The Morgan fingerprint density at radius 1 is 1.11 bits per heavy atom. The molecule has 0 fully saturated rings. The summed E-state index contributed by atoms with van der Waals surface area (Å²) in [5, 5.41) is 2.66. The van der Waals surface area contributed by atoms with Gasteiger partial charge in [0.05, 0.1) is 11.9 Å². The monoisotopic (exact) mass is 396 g/mol. The van der Waals surface area contributed by atoms with E-state index in [0.717, 1.165) is 22.2 Å². The van der Waals surface area contributed by atoms with Crippen LogP contribution < -0.4 is 9.62 Å². The predicted octanol–water partition coefficient (Wildman–Crippen LogP) is 2.87. The van der Waals surface area contributed by atoms with Gasteiger partial charge < -0.3 is 5.32 Å². The van der Waals surface area contributed by atoms with Gasteiger partial charge in [-0.1, -0.05) is 24.3 Å². The number of para-hydroxylation sites is 1. The summed E-state index contributed by atoms with van der Waals surface area (Å²) in [7, 11) is -3.87. The van der Waals surface area contributed by atoms with Gasteiger partial charge in [-0.25, -0.2) is 17.2 Å². The van der Waals surface area contributed by atoms with Gasteiger partial charge in [0, 0.05) is 6.54 Å². The fourth-order valence-electron chi connectivity index (χ4n) is 2.71. The second-order valence-corrected chi connectivity index (χ2v) is 8.07. The summed E-state index contributed by atoms with van der Waals surface area (Å²) in [5.41, 5.74) is 0.761. The Labute approximate surface area is 158 Å². The van der Waals surface area contributed by atoms with E-state index in [0.29, 0.717) is 19.4 Å². The molecule has 27 heavy (non-hydrogen) atoms. The van der Waals surface area contributed by atoms with Crippen LogP contribution in [0, 0.1) is 11.6 Å². The molecule has 0 saturated carbocycles. The van der Waals surface area contributed by atoms with Crippen molar-refractivity contribution < 1.29 is 22.0 Å². The van der Waals surface area contributed by atoms with Crippen LogP contribution in [-0.2, 0) is 21.2 Å². The normalized spacial score (nSPS) is 12.4. The van der Waals surface area contributed by atoms with E-state index in [-0.39, 0.29) is 11.5 Å². The number of halogens is 2. The lowest BCUT2D eigenvalue weighted by Crippen LogP contribution is -2.48. The molecule has 0 aliphatic carbocycles. The minimum atomic E-state index is -3.87. The maximum absolute atomic E-state index is 14.1. The van der Waals surface area contributed by atoms with Crippen LogP contribution in [0.3, 0.4) is 0 Å². The number of amides is 1. The molecule has 5 nitrogen and oxygen atoms in total. The first kappa shape index (κ1) is 20.8. The first-order valence-electron chi connectivity index (χ1n) is 8.46. The molecule has 2 rings (SSSR count). The van der Waals surface area contributed by atoms with Crippen LogP contribution in [-0.4, -0.2) is 33.2 Å². The molecule has 0 radical (unpaired) electrons. The largest absolute Gasteiger partial charge is 0.354 e. The maximum atomic E-state index is 14.1. The molecule has 0 aromatic heterocycles. The number of carbonyl (C=O) groups is 1. The molecule has 0 aliphatic heterocycles. The summed E-state index contributed by atoms with van der Waals surface area (Å²) in [6, 6.07) is 10.4. The molecule has 146 valence electrons. The first-order valence-corrected chi connectivity index (χ1v) is 10.3. The van der Waals surface area contributed by atoms with Crippen molar-refractivity contribution in [3.8, 4) is 0 Å². The predicted molar refractivity (Wildman–Crippen MR) is 101 cm³/mol. The van der Waals surface area contributed by atoms with Crippen molar-refractivity contribution in [3.63, 3.8) is 0 Å². The van der Waals surface area contributed by atoms with Crippen molar-refractivity contribution in [2.24, 2.45) is 0 Å². The van der Waals surface area contributed by atoms with Crippen LogP contribution in [0.4, 0.5) is 14.5 Å². The molecule has 1 unspecified atom stereocenters. The van der Waals surface area contributed by atoms with Gasteiger partial charge in [0.25, 0.3) is 0 Å². The van der Waals surface area contributed by atoms with Gasteiger partial charge in [-0.15, -0.1) is 0 Å². The Morgan fingerprint density at radius 3 is 2.33 bits per heavy atom. The fourth-order valence-corrected chi connectivity index (χ4v) is 3.89. The number of hydrogen-bond donors (Lipinski definition) is 1. The molecule has 1 N–H and O–H groups in total. The van der Waals surface area contributed by atoms with Gasteiger partial charge in [0.1, 0.15) is 17.7 Å². The average Bonchev–Trinajstić information content (AvgIpc) is 2.60. The third-order valence-electron chi connectivity index (χ3n) is 4.03. The van der Waals surface area contributed by atoms with Gasteiger partial charge in [-0.3, -0.25) is 9.10 Å². The van der Waals surface area contributed by atoms with E-state index in [2.05, 4.69) is 5.32 Å². The SMILES string of the molecule is CC(C(=O)NCCCc1ccc(F)cc1)N(c1ccccc1F)S(C)(=O)=O. The number of carbonyl (C=O) groups excluding carboxylic acids is 1. The molecule has 8 heteroatoms. The van der Waals surface area contributed by atoms with E-state index in [1.54, 1.807) is 12.1 Å². The lowest BCUT2D eigenvalue weighted by atomic mass is 10.1. The molecule has 0 saturated heterocycles. The second-order valence-electron chi connectivity index (χ2n) is 6.21. The number of nitrogens with one attached hydrogen (secondary N) is 1. The van der Waals surface area contributed by atoms with Crippen LogP contribution in [0.5, 0.6) is 0 Å². The van der Waals surface area contributed by atoms with Crippen LogP contribution in [0.2, 0.25) is 0 Å². The molecular formula is C19H22F2N2O3S. The zero-order valence-electron chi connectivity index (χ0n) is 15.2. The highest BCUT2D eigenvalue weighted by molar-refractivity contribution is 7.92. The maximum Gasteiger partial charge on any atom is 0.243 e. The Balaban J connectivity index is 1.99. The molecular weight excluding hydrogens is 374 g/mol. The average molecular weight is 396 g/mol. The summed E-state index contributed by atoms with van der Waals surface area (Å²) >= 11 is 0. The minimum absolute atomic E-state index is 0.172. The Morgan fingerprint density at radius 2 is 1.74 bits per heavy atom. The summed E-state index contributed by atoms with van der Waals surface area (Å²) in [4.78, 5) is 12.4. The van der Waals surface area contributed by atoms with Crippen LogP contribution in [0.1, 0.15) is 18.9 Å². The van der Waals surface area contributed by atoms with Crippen LogP contribution >= 0.6 is 0 Å². The first-order chi connectivity index (χ1) is 12.7. The molecule has 1 amide bonds. The van der Waals surface area contributed by atoms with Crippen molar-refractivity contribution >= 4 is 21.6 Å². The molecule has 0 heterocycles. The lowest BCUT2D eigenvalue weighted by molar-refractivity contribution is -0.121. The lowest BCUT2D eigenvalue weighted by Gasteiger charge is -2.28. The third kappa shape index (κ3) is 5.75. The van der Waals surface area contributed by atoms with Gasteiger partial charge in [0.2, 0.25) is 15.9 Å². The molecule has 0 aliphatic rings. The number of nitrogens with zero attached hydrogens (tertiary/aromatic N) is 1. The second kappa shape index (κ2) is 8.94. The molecule has 2 aromatic carbocycles. The van der Waals surface area contributed by atoms with Gasteiger partial charge in [0.15, 0.2) is 0 Å². The van der Waals surface area contributed by atoms with Crippen LogP contribution in [0.25, 0.3) is 0 Å². The van der Waals surface area contributed by atoms with E-state index in [9.17, 15) is 22.0 Å². The molecule has 0 bridgehead atoms. The molecule has 1 atom stereocenters. The van der Waals surface area contributed by atoms with Gasteiger partial charge >= 0.3 is 0 Å². The van der Waals surface area contributed by atoms with E-state index in [1.807, 2.05) is 0 Å². The van der Waals surface area contributed by atoms with E-state index < -0.39 is 27.8 Å². The van der Waals surface area contributed by atoms with E-state index in [4.69, 9.17) is 0 Å². The summed E-state index contributed by atoms with van der Waals surface area (Å²) in [6.45, 7) is 1.72. The van der Waals surface area contributed by atoms with Crippen molar-refractivity contribution in [2.45, 2.75) is 25.8 Å². The van der Waals surface area contributed by atoms with Crippen LogP contribution in [0.15, 0.2) is 48.5 Å². The number of hydrogen-bond acceptors (Lipinski definition) is 3. The Hall–Kier alpha value is -2.48. The van der Waals surface area contributed by atoms with Crippen molar-refractivity contribution in [3.05, 3.63) is 65.7 Å². The van der Waals surface area contributed by atoms with E-state index >= 15 is 0 Å². The summed E-state index contributed by atoms with van der Waals surface area (Å²) in [6.07, 6.45) is 2.17. The van der Waals surface area contributed by atoms with Gasteiger partial charge in [-0.05, 0) is 49.6 Å². The highest BCUT2D eigenvalue weighted by Crippen LogP contribution is 2.24. The quantitative estimate of drug-likeness (QED) is 0.698. The third-order valence-corrected chi connectivity index (χ3v) is 5.26. The minimum Gasteiger partial charge on any atom is -0.354 e. The molecule has 0 spiro atoms. The van der Waals surface area contributed by atoms with Crippen molar-refractivity contribution in [1.82, 2.24) is 5.32 Å². The Kier molecular flexibility index (Phi) is 6.90. The van der Waals surface area contributed by atoms with Crippen molar-refractivity contribution in [1.29, 1.82) is 0 Å². The fraction of sp³-hybridized carbons (Fsp3) is 0.316. The zero-order valence-corrected chi connectivity index (χ0v) is 16.0. The van der Waals surface area contributed by atoms with Crippen molar-refractivity contribution in [2.75, 3.05) is 17.1 Å². The number of benzene rings is 2. The topological polar surface area (TPSA) is 66.5 Å². The number of anilines is 1. The van der Waals surface area contributed by atoms with Gasteiger partial charge in [-0.2, -0.15) is 0 Å². The number of sulfonamides is 1. The summed E-state index contributed by atoms with van der Waals surface area (Å²) < 4.78 is 51.9.